The summed E-state index contributed by atoms with van der Waals surface area (Å²) in [6.07, 6.45) is 1.44. The predicted molar refractivity (Wildman–Crippen MR) is 77.0 cm³/mol. The van der Waals surface area contributed by atoms with Crippen LogP contribution in [0.25, 0.3) is 0 Å². The number of hydrogen-bond donors (Lipinski definition) is 2. The van der Waals surface area contributed by atoms with Crippen molar-refractivity contribution < 1.29 is 4.79 Å². The second kappa shape index (κ2) is 4.37. The van der Waals surface area contributed by atoms with E-state index in [9.17, 15) is 4.79 Å². The first-order chi connectivity index (χ1) is 8.68. The molecule has 0 bridgehead atoms. The molecular weight excluding hydrogens is 262 g/mol. The van der Waals surface area contributed by atoms with Crippen LogP contribution in [0.5, 0.6) is 0 Å². The lowest BCUT2D eigenvalue weighted by atomic mass is 10.0. The van der Waals surface area contributed by atoms with Crippen molar-refractivity contribution in [3.63, 3.8) is 0 Å². The quantitative estimate of drug-likeness (QED) is 0.837. The average molecular weight is 282 g/mol. The molecule has 1 amide bonds. The molecule has 0 aliphatic heterocycles. The Morgan fingerprint density at radius 3 is 2.53 bits per heavy atom. The number of carbonyl (C=O) groups excluding carboxylic acids is 1. The lowest BCUT2D eigenvalue weighted by Gasteiger charge is -2.08. The third-order valence-corrected chi connectivity index (χ3v) is 5.19. The lowest BCUT2D eigenvalue weighted by Crippen LogP contribution is -2.27. The van der Waals surface area contributed by atoms with Crippen LogP contribution in [0.4, 0.5) is 5.69 Å². The normalized spacial score (nSPS) is 20.1. The summed E-state index contributed by atoms with van der Waals surface area (Å²) in [7, 11) is 0. The summed E-state index contributed by atoms with van der Waals surface area (Å²) in [5.74, 6) is 0.250. The van der Waals surface area contributed by atoms with Crippen molar-refractivity contribution in [1.82, 2.24) is 10.3 Å². The monoisotopic (exact) mass is 281 g/mol. The van der Waals surface area contributed by atoms with E-state index in [0.29, 0.717) is 23.7 Å². The SMILES string of the molecule is CC1(C)C(CNC(=O)c2cc(N)cnc2Cl)C1(C)C. The van der Waals surface area contributed by atoms with Crippen LogP contribution >= 0.6 is 11.6 Å². The predicted octanol–water partition coefficient (Wildman–Crippen LogP) is 2.73. The van der Waals surface area contributed by atoms with E-state index in [1.165, 1.54) is 6.20 Å². The van der Waals surface area contributed by atoms with Crippen LogP contribution in [0.2, 0.25) is 5.15 Å². The summed E-state index contributed by atoms with van der Waals surface area (Å²) in [5.41, 5.74) is 6.88. The van der Waals surface area contributed by atoms with Gasteiger partial charge in [-0.1, -0.05) is 39.3 Å². The van der Waals surface area contributed by atoms with Crippen LogP contribution in [0, 0.1) is 16.7 Å². The number of aromatic nitrogens is 1. The van der Waals surface area contributed by atoms with Gasteiger partial charge in [0.25, 0.3) is 5.91 Å². The van der Waals surface area contributed by atoms with Crippen LogP contribution in [0.3, 0.4) is 0 Å². The molecule has 1 heterocycles. The fourth-order valence-corrected chi connectivity index (χ4v) is 2.95. The van der Waals surface area contributed by atoms with Crippen molar-refractivity contribution in [3.05, 3.63) is 23.0 Å². The number of nitrogens with zero attached hydrogens (tertiary/aromatic N) is 1. The van der Waals surface area contributed by atoms with Crippen molar-refractivity contribution in [2.24, 2.45) is 16.7 Å². The fourth-order valence-electron chi connectivity index (χ4n) is 2.76. The molecule has 0 atom stereocenters. The standard InChI is InChI=1S/C14H20ClN3O/c1-13(2)10(14(13,3)4)7-18-12(19)9-5-8(16)6-17-11(9)15/h5-6,10H,7,16H2,1-4H3,(H,18,19). The molecule has 3 N–H and O–H groups in total. The Balaban J connectivity index is 2.02. The van der Waals surface area contributed by atoms with Gasteiger partial charge < -0.3 is 11.1 Å². The van der Waals surface area contributed by atoms with Gasteiger partial charge in [-0.15, -0.1) is 0 Å². The maximum absolute atomic E-state index is 12.1. The van der Waals surface area contributed by atoms with Crippen molar-refractivity contribution in [3.8, 4) is 0 Å². The van der Waals surface area contributed by atoms with Crippen molar-refractivity contribution in [1.29, 1.82) is 0 Å². The van der Waals surface area contributed by atoms with Gasteiger partial charge in [0.1, 0.15) is 5.15 Å². The number of amides is 1. The number of anilines is 1. The summed E-state index contributed by atoms with van der Waals surface area (Å²) >= 11 is 5.91. The summed E-state index contributed by atoms with van der Waals surface area (Å²) in [6, 6.07) is 1.55. The number of nitrogens with one attached hydrogen (secondary N) is 1. The number of nitrogen functional groups attached to an aromatic ring is 1. The van der Waals surface area contributed by atoms with E-state index in [1.807, 2.05) is 0 Å². The zero-order valence-electron chi connectivity index (χ0n) is 11.7. The summed E-state index contributed by atoms with van der Waals surface area (Å²) in [5, 5.41) is 3.10. The molecule has 2 rings (SSSR count). The molecule has 5 heteroatoms. The van der Waals surface area contributed by atoms with Crippen LogP contribution in [-0.2, 0) is 0 Å². The van der Waals surface area contributed by atoms with Crippen LogP contribution in [0.15, 0.2) is 12.3 Å². The first-order valence-corrected chi connectivity index (χ1v) is 6.75. The Morgan fingerprint density at radius 2 is 2.00 bits per heavy atom. The average Bonchev–Trinajstić information content (AvgIpc) is 2.70. The second-order valence-electron chi connectivity index (χ2n) is 6.31. The van der Waals surface area contributed by atoms with E-state index in [2.05, 4.69) is 38.0 Å². The molecule has 1 aromatic heterocycles. The minimum Gasteiger partial charge on any atom is -0.397 e. The number of carbonyl (C=O) groups is 1. The van der Waals surface area contributed by atoms with Gasteiger partial charge in [0.05, 0.1) is 17.4 Å². The molecule has 0 saturated heterocycles. The highest BCUT2D eigenvalue weighted by Crippen LogP contribution is 2.67. The highest BCUT2D eigenvalue weighted by Gasteiger charge is 2.64. The maximum Gasteiger partial charge on any atom is 0.254 e. The van der Waals surface area contributed by atoms with Crippen molar-refractivity contribution in [2.75, 3.05) is 12.3 Å². The highest BCUT2D eigenvalue weighted by molar-refractivity contribution is 6.32. The van der Waals surface area contributed by atoms with E-state index in [-0.39, 0.29) is 21.9 Å². The molecule has 1 aliphatic carbocycles. The number of pyridine rings is 1. The Hall–Kier alpha value is -1.29. The molecule has 0 aromatic carbocycles. The third-order valence-electron chi connectivity index (χ3n) is 4.89. The summed E-state index contributed by atoms with van der Waals surface area (Å²) in [4.78, 5) is 16.0. The van der Waals surface area contributed by atoms with Crippen LogP contribution in [-0.4, -0.2) is 17.4 Å². The van der Waals surface area contributed by atoms with E-state index in [4.69, 9.17) is 17.3 Å². The van der Waals surface area contributed by atoms with Gasteiger partial charge in [0.15, 0.2) is 0 Å². The zero-order valence-corrected chi connectivity index (χ0v) is 12.5. The first kappa shape index (κ1) is 14.1. The molecular formula is C14H20ClN3O. The molecule has 1 fully saturated rings. The minimum atomic E-state index is -0.219. The third kappa shape index (κ3) is 2.29. The first-order valence-electron chi connectivity index (χ1n) is 6.37. The van der Waals surface area contributed by atoms with Crippen LogP contribution in [0.1, 0.15) is 38.1 Å². The molecule has 1 aliphatic rings. The van der Waals surface area contributed by atoms with Crippen LogP contribution < -0.4 is 11.1 Å². The van der Waals surface area contributed by atoms with Gasteiger partial charge >= 0.3 is 0 Å². The summed E-state index contributed by atoms with van der Waals surface area (Å²) < 4.78 is 0. The second-order valence-corrected chi connectivity index (χ2v) is 6.67. The maximum atomic E-state index is 12.1. The van der Waals surface area contributed by atoms with Gasteiger partial charge in [0.2, 0.25) is 0 Å². The Bertz CT molecular complexity index is 511. The molecule has 0 radical (unpaired) electrons. The van der Waals surface area contributed by atoms with E-state index >= 15 is 0 Å². The molecule has 1 saturated carbocycles. The molecule has 4 nitrogen and oxygen atoms in total. The van der Waals surface area contributed by atoms with Gasteiger partial charge in [-0.3, -0.25) is 4.79 Å². The van der Waals surface area contributed by atoms with E-state index in [0.717, 1.165) is 0 Å². The van der Waals surface area contributed by atoms with Crippen molar-refractivity contribution >= 4 is 23.2 Å². The molecule has 1 aromatic rings. The number of halogens is 1. The van der Waals surface area contributed by atoms with Crippen molar-refractivity contribution in [2.45, 2.75) is 27.7 Å². The Kier molecular flexibility index (Phi) is 3.25. The Labute approximate surface area is 118 Å². The molecule has 104 valence electrons. The Morgan fingerprint density at radius 1 is 1.42 bits per heavy atom. The zero-order chi connectivity index (χ0) is 14.4. The largest absolute Gasteiger partial charge is 0.397 e. The number of hydrogen-bond acceptors (Lipinski definition) is 3. The smallest absolute Gasteiger partial charge is 0.254 e. The van der Waals surface area contributed by atoms with Gasteiger partial charge in [-0.05, 0) is 22.8 Å². The number of rotatable bonds is 3. The lowest BCUT2D eigenvalue weighted by molar-refractivity contribution is 0.0949. The minimum absolute atomic E-state index is 0.181. The van der Waals surface area contributed by atoms with Gasteiger partial charge in [0, 0.05) is 6.54 Å². The molecule has 0 unspecified atom stereocenters. The number of nitrogens with two attached hydrogens (primary N) is 1. The molecule has 19 heavy (non-hydrogen) atoms. The summed E-state index contributed by atoms with van der Waals surface area (Å²) in [6.45, 7) is 9.53. The van der Waals surface area contributed by atoms with E-state index < -0.39 is 0 Å². The topological polar surface area (TPSA) is 68.0 Å². The fraction of sp³-hybridized carbons (Fsp3) is 0.571. The molecule has 0 spiro atoms. The van der Waals surface area contributed by atoms with Gasteiger partial charge in [-0.2, -0.15) is 0 Å². The van der Waals surface area contributed by atoms with E-state index in [1.54, 1.807) is 6.07 Å². The van der Waals surface area contributed by atoms with Gasteiger partial charge in [-0.25, -0.2) is 4.98 Å². The highest BCUT2D eigenvalue weighted by atomic mass is 35.5.